The number of aryl methyl sites for hydroxylation is 1. The molecule has 6 heteroatoms. The van der Waals surface area contributed by atoms with E-state index in [2.05, 4.69) is 6.92 Å². The zero-order valence-corrected chi connectivity index (χ0v) is 16.1. The number of amides is 2. The maximum absolute atomic E-state index is 12.6. The second kappa shape index (κ2) is 9.57. The van der Waals surface area contributed by atoms with Gasteiger partial charge in [0, 0.05) is 26.2 Å². The quantitative estimate of drug-likeness (QED) is 0.804. The van der Waals surface area contributed by atoms with Crippen molar-refractivity contribution in [2.24, 2.45) is 5.73 Å². The molecule has 0 spiro atoms. The van der Waals surface area contributed by atoms with Crippen molar-refractivity contribution in [1.82, 2.24) is 9.80 Å². The molecular formula is C20H31N3O3. The SMILES string of the molecule is CCCC(N)C(=O)N1CCN(C(=O)C(C)Oc2ccc(CC)cc2)CC1. The van der Waals surface area contributed by atoms with Crippen LogP contribution >= 0.6 is 0 Å². The molecule has 0 radical (unpaired) electrons. The summed E-state index contributed by atoms with van der Waals surface area (Å²) in [5.74, 6) is 0.635. The molecule has 2 amide bonds. The Kier molecular flexibility index (Phi) is 7.45. The van der Waals surface area contributed by atoms with Gasteiger partial charge >= 0.3 is 0 Å². The van der Waals surface area contributed by atoms with E-state index < -0.39 is 12.1 Å². The number of piperazine rings is 1. The normalized spacial score (nSPS) is 16.9. The van der Waals surface area contributed by atoms with E-state index in [1.165, 1.54) is 5.56 Å². The zero-order valence-electron chi connectivity index (χ0n) is 16.1. The van der Waals surface area contributed by atoms with Gasteiger partial charge in [0.2, 0.25) is 5.91 Å². The van der Waals surface area contributed by atoms with E-state index in [1.807, 2.05) is 31.2 Å². The first-order valence-corrected chi connectivity index (χ1v) is 9.55. The van der Waals surface area contributed by atoms with Gasteiger partial charge in [0.15, 0.2) is 6.10 Å². The minimum absolute atomic E-state index is 0.0146. The van der Waals surface area contributed by atoms with Crippen LogP contribution in [0.25, 0.3) is 0 Å². The van der Waals surface area contributed by atoms with Crippen molar-refractivity contribution in [3.05, 3.63) is 29.8 Å². The summed E-state index contributed by atoms with van der Waals surface area (Å²) in [6.45, 7) is 7.98. The fourth-order valence-corrected chi connectivity index (χ4v) is 3.13. The first kappa shape index (κ1) is 20.2. The van der Waals surface area contributed by atoms with Gasteiger partial charge in [0.25, 0.3) is 5.91 Å². The van der Waals surface area contributed by atoms with Crippen LogP contribution < -0.4 is 10.5 Å². The average molecular weight is 361 g/mol. The molecule has 2 N–H and O–H groups in total. The van der Waals surface area contributed by atoms with E-state index in [0.29, 0.717) is 38.3 Å². The predicted octanol–water partition coefficient (Wildman–Crippen LogP) is 1.81. The van der Waals surface area contributed by atoms with E-state index in [4.69, 9.17) is 10.5 Å². The minimum atomic E-state index is -0.549. The lowest BCUT2D eigenvalue weighted by molar-refractivity contribution is -0.144. The smallest absolute Gasteiger partial charge is 0.263 e. The highest BCUT2D eigenvalue weighted by Gasteiger charge is 2.29. The van der Waals surface area contributed by atoms with Crippen LogP contribution in [0.2, 0.25) is 0 Å². The van der Waals surface area contributed by atoms with Crippen molar-refractivity contribution < 1.29 is 14.3 Å². The number of carbonyl (C=O) groups is 2. The van der Waals surface area contributed by atoms with Crippen molar-refractivity contribution in [1.29, 1.82) is 0 Å². The third-order valence-corrected chi connectivity index (χ3v) is 4.81. The number of ether oxygens (including phenoxy) is 1. The van der Waals surface area contributed by atoms with Gasteiger partial charge in [-0.15, -0.1) is 0 Å². The van der Waals surface area contributed by atoms with Gasteiger partial charge in [-0.1, -0.05) is 32.4 Å². The molecule has 1 aliphatic heterocycles. The number of nitrogens with zero attached hydrogens (tertiary/aromatic N) is 2. The van der Waals surface area contributed by atoms with Gasteiger partial charge in [-0.2, -0.15) is 0 Å². The van der Waals surface area contributed by atoms with Gasteiger partial charge in [0.1, 0.15) is 5.75 Å². The first-order valence-electron chi connectivity index (χ1n) is 9.55. The molecule has 1 aromatic rings. The molecule has 144 valence electrons. The molecule has 2 unspecified atom stereocenters. The summed E-state index contributed by atoms with van der Waals surface area (Å²) in [6, 6.07) is 7.38. The Labute approximate surface area is 156 Å². The largest absolute Gasteiger partial charge is 0.481 e. The van der Waals surface area contributed by atoms with E-state index in [-0.39, 0.29) is 11.8 Å². The monoisotopic (exact) mass is 361 g/mol. The second-order valence-corrected chi connectivity index (χ2v) is 6.80. The molecule has 0 bridgehead atoms. The maximum Gasteiger partial charge on any atom is 0.263 e. The van der Waals surface area contributed by atoms with Crippen LogP contribution in [0.5, 0.6) is 5.75 Å². The summed E-state index contributed by atoms with van der Waals surface area (Å²) < 4.78 is 5.78. The predicted molar refractivity (Wildman–Crippen MR) is 102 cm³/mol. The van der Waals surface area contributed by atoms with E-state index in [1.54, 1.807) is 16.7 Å². The molecule has 1 heterocycles. The molecule has 1 aliphatic rings. The Balaban J connectivity index is 1.83. The topological polar surface area (TPSA) is 75.9 Å². The summed E-state index contributed by atoms with van der Waals surface area (Å²) in [5.41, 5.74) is 7.15. The molecule has 0 aromatic heterocycles. The van der Waals surface area contributed by atoms with E-state index in [9.17, 15) is 9.59 Å². The Morgan fingerprint density at radius 2 is 1.58 bits per heavy atom. The van der Waals surface area contributed by atoms with Crippen LogP contribution in [0.1, 0.15) is 39.2 Å². The molecule has 1 saturated heterocycles. The minimum Gasteiger partial charge on any atom is -0.481 e. The van der Waals surface area contributed by atoms with Crippen LogP contribution in [-0.4, -0.2) is 59.9 Å². The van der Waals surface area contributed by atoms with Crippen molar-refractivity contribution in [3.63, 3.8) is 0 Å². The number of hydrogen-bond acceptors (Lipinski definition) is 4. The van der Waals surface area contributed by atoms with E-state index >= 15 is 0 Å². The average Bonchev–Trinajstić information content (AvgIpc) is 2.67. The summed E-state index contributed by atoms with van der Waals surface area (Å²) in [7, 11) is 0. The second-order valence-electron chi connectivity index (χ2n) is 6.80. The Morgan fingerprint density at radius 3 is 2.08 bits per heavy atom. The fourth-order valence-electron chi connectivity index (χ4n) is 3.13. The van der Waals surface area contributed by atoms with Crippen molar-refractivity contribution >= 4 is 11.8 Å². The fraction of sp³-hybridized carbons (Fsp3) is 0.600. The highest BCUT2D eigenvalue weighted by Crippen LogP contribution is 2.16. The van der Waals surface area contributed by atoms with Crippen LogP contribution in [0.3, 0.4) is 0 Å². The molecule has 6 nitrogen and oxygen atoms in total. The highest BCUT2D eigenvalue weighted by atomic mass is 16.5. The first-order chi connectivity index (χ1) is 12.5. The van der Waals surface area contributed by atoms with Gasteiger partial charge in [0.05, 0.1) is 6.04 Å². The molecule has 1 aromatic carbocycles. The summed E-state index contributed by atoms with van der Waals surface area (Å²) in [4.78, 5) is 28.4. The standard InChI is InChI=1S/C20H31N3O3/c1-4-6-18(21)20(25)23-13-11-22(12-14-23)19(24)15(3)26-17-9-7-16(5-2)8-10-17/h7-10,15,18H,4-6,11-14,21H2,1-3H3. The number of rotatable bonds is 7. The lowest BCUT2D eigenvalue weighted by Crippen LogP contribution is -2.56. The number of hydrogen-bond donors (Lipinski definition) is 1. The molecule has 0 aliphatic carbocycles. The van der Waals surface area contributed by atoms with Crippen molar-refractivity contribution in [2.45, 2.75) is 52.2 Å². The molecule has 26 heavy (non-hydrogen) atoms. The van der Waals surface area contributed by atoms with Gasteiger partial charge in [-0.05, 0) is 37.5 Å². The van der Waals surface area contributed by atoms with Gasteiger partial charge < -0.3 is 20.3 Å². The third kappa shape index (κ3) is 5.21. The summed E-state index contributed by atoms with van der Waals surface area (Å²) in [6.07, 6.45) is 2.01. The lowest BCUT2D eigenvalue weighted by Gasteiger charge is -2.36. The van der Waals surface area contributed by atoms with Crippen LogP contribution in [0.4, 0.5) is 0 Å². The Morgan fingerprint density at radius 1 is 1.04 bits per heavy atom. The highest BCUT2D eigenvalue weighted by molar-refractivity contribution is 5.83. The number of nitrogens with two attached hydrogens (primary N) is 1. The number of carbonyl (C=O) groups excluding carboxylic acids is 2. The molecule has 2 atom stereocenters. The van der Waals surface area contributed by atoms with Crippen LogP contribution in [0, 0.1) is 0 Å². The van der Waals surface area contributed by atoms with Crippen LogP contribution in [-0.2, 0) is 16.0 Å². The van der Waals surface area contributed by atoms with E-state index in [0.717, 1.165) is 12.8 Å². The molecular weight excluding hydrogens is 330 g/mol. The van der Waals surface area contributed by atoms with Crippen LogP contribution in [0.15, 0.2) is 24.3 Å². The van der Waals surface area contributed by atoms with Crippen molar-refractivity contribution in [2.75, 3.05) is 26.2 Å². The Bertz CT molecular complexity index is 595. The van der Waals surface area contributed by atoms with Crippen molar-refractivity contribution in [3.8, 4) is 5.75 Å². The maximum atomic E-state index is 12.6. The van der Waals surface area contributed by atoms with Gasteiger partial charge in [-0.3, -0.25) is 9.59 Å². The molecule has 1 fully saturated rings. The Hall–Kier alpha value is -2.08. The lowest BCUT2D eigenvalue weighted by atomic mass is 10.1. The summed E-state index contributed by atoms with van der Waals surface area (Å²) in [5, 5.41) is 0. The summed E-state index contributed by atoms with van der Waals surface area (Å²) >= 11 is 0. The van der Waals surface area contributed by atoms with Gasteiger partial charge in [-0.25, -0.2) is 0 Å². The third-order valence-electron chi connectivity index (χ3n) is 4.81. The number of benzene rings is 1. The zero-order chi connectivity index (χ0) is 19.1. The molecule has 0 saturated carbocycles. The molecule has 2 rings (SSSR count).